The van der Waals surface area contributed by atoms with Gasteiger partial charge in [-0.1, -0.05) is 38.0 Å². The molecule has 1 N–H and O–H groups in total. The van der Waals surface area contributed by atoms with Crippen LogP contribution < -0.4 is 10.1 Å². The third kappa shape index (κ3) is 4.86. The summed E-state index contributed by atoms with van der Waals surface area (Å²) in [6, 6.07) is 7.39. The van der Waals surface area contributed by atoms with E-state index < -0.39 is 23.8 Å². The summed E-state index contributed by atoms with van der Waals surface area (Å²) in [5.74, 6) is -2.58. The third-order valence-electron chi connectivity index (χ3n) is 7.49. The molecule has 3 aliphatic rings. The molecule has 0 spiro atoms. The number of dihydropyridines is 1. The van der Waals surface area contributed by atoms with Crippen molar-refractivity contribution >= 4 is 17.7 Å². The number of hydrogen-bond acceptors (Lipinski definition) is 7. The van der Waals surface area contributed by atoms with Crippen molar-refractivity contribution in [1.82, 2.24) is 5.32 Å². The fraction of sp³-hybridized carbons (Fsp3) is 0.536. The summed E-state index contributed by atoms with van der Waals surface area (Å²) in [6.45, 7) is 3.72. The second-order valence-electron chi connectivity index (χ2n) is 9.80. The standard InChI is InChI=1S/C28H35NO6/c1-16-15-20-25(26(30)22(16)27(31)34-4)24(19-13-9-10-14-21(19)33-3)23(17(2)29-20)28(32)35-18-11-7-5-6-8-12-18/h9-10,13-14,16,18,22,24,29H,5-8,11-12,15H2,1-4H3/t16-,22+,24-/m1/s1. The van der Waals surface area contributed by atoms with Crippen LogP contribution in [0.1, 0.15) is 70.3 Å². The van der Waals surface area contributed by atoms with E-state index in [-0.39, 0.29) is 17.8 Å². The molecule has 0 aromatic heterocycles. The summed E-state index contributed by atoms with van der Waals surface area (Å²) in [7, 11) is 2.86. The van der Waals surface area contributed by atoms with Crippen LogP contribution in [0.15, 0.2) is 46.8 Å². The van der Waals surface area contributed by atoms with Crippen molar-refractivity contribution in [3.63, 3.8) is 0 Å². The Kier molecular flexibility index (Phi) is 7.63. The van der Waals surface area contributed by atoms with Crippen molar-refractivity contribution in [2.45, 2.75) is 70.8 Å². The van der Waals surface area contributed by atoms with Crippen molar-refractivity contribution in [2.75, 3.05) is 14.2 Å². The van der Waals surface area contributed by atoms with Crippen molar-refractivity contribution < 1.29 is 28.6 Å². The monoisotopic (exact) mass is 481 g/mol. The number of benzene rings is 1. The minimum atomic E-state index is -0.921. The Morgan fingerprint density at radius 3 is 2.37 bits per heavy atom. The van der Waals surface area contributed by atoms with Gasteiger partial charge < -0.3 is 19.5 Å². The van der Waals surface area contributed by atoms with E-state index in [9.17, 15) is 14.4 Å². The first-order chi connectivity index (χ1) is 16.9. The van der Waals surface area contributed by atoms with E-state index in [2.05, 4.69) is 5.32 Å². The van der Waals surface area contributed by atoms with E-state index in [0.29, 0.717) is 34.6 Å². The molecule has 35 heavy (non-hydrogen) atoms. The zero-order chi connectivity index (χ0) is 25.1. The highest BCUT2D eigenvalue weighted by molar-refractivity contribution is 6.12. The average molecular weight is 482 g/mol. The number of allylic oxidation sites excluding steroid dienone is 3. The maximum atomic E-state index is 13.8. The van der Waals surface area contributed by atoms with Gasteiger partial charge in [-0.15, -0.1) is 0 Å². The topological polar surface area (TPSA) is 90.9 Å². The number of hydrogen-bond donors (Lipinski definition) is 1. The molecule has 0 bridgehead atoms. The number of esters is 2. The number of nitrogens with one attached hydrogen (secondary N) is 1. The molecule has 2 aliphatic carbocycles. The third-order valence-corrected chi connectivity index (χ3v) is 7.49. The lowest BCUT2D eigenvalue weighted by molar-refractivity contribution is -0.151. The van der Waals surface area contributed by atoms with Gasteiger partial charge in [0.25, 0.3) is 0 Å². The van der Waals surface area contributed by atoms with Crippen LogP contribution in [0.3, 0.4) is 0 Å². The summed E-state index contributed by atoms with van der Waals surface area (Å²) in [6.07, 6.45) is 6.43. The minimum Gasteiger partial charge on any atom is -0.496 e. The number of ketones is 1. The minimum absolute atomic E-state index is 0.135. The van der Waals surface area contributed by atoms with Crippen LogP contribution in [0.4, 0.5) is 0 Å². The molecule has 3 atom stereocenters. The summed E-state index contributed by atoms with van der Waals surface area (Å²) in [5.41, 5.74) is 2.91. The highest BCUT2D eigenvalue weighted by Gasteiger charge is 2.48. The van der Waals surface area contributed by atoms with Gasteiger partial charge in [-0.25, -0.2) is 4.79 Å². The maximum Gasteiger partial charge on any atom is 0.337 e. The van der Waals surface area contributed by atoms with Gasteiger partial charge in [0.15, 0.2) is 5.78 Å². The zero-order valence-corrected chi connectivity index (χ0v) is 21.0. The normalized spacial score (nSPS) is 25.4. The molecule has 4 rings (SSSR count). The first-order valence-electron chi connectivity index (χ1n) is 12.5. The first kappa shape index (κ1) is 25.0. The van der Waals surface area contributed by atoms with E-state index in [1.165, 1.54) is 7.11 Å². The molecule has 7 heteroatoms. The predicted octanol–water partition coefficient (Wildman–Crippen LogP) is 4.57. The number of para-hydroxylation sites is 1. The Balaban J connectivity index is 1.80. The molecule has 0 unspecified atom stereocenters. The van der Waals surface area contributed by atoms with Gasteiger partial charge in [0, 0.05) is 22.5 Å². The molecule has 1 fully saturated rings. The summed E-state index contributed by atoms with van der Waals surface area (Å²) in [5, 5.41) is 3.32. The van der Waals surface area contributed by atoms with E-state index in [1.807, 2.05) is 38.1 Å². The highest BCUT2D eigenvalue weighted by atomic mass is 16.5. The van der Waals surface area contributed by atoms with E-state index in [1.54, 1.807) is 7.11 Å². The van der Waals surface area contributed by atoms with Crippen LogP contribution in [0.2, 0.25) is 0 Å². The van der Waals surface area contributed by atoms with Crippen molar-refractivity contribution in [3.05, 3.63) is 52.4 Å². The number of carbonyl (C=O) groups is 3. The Morgan fingerprint density at radius 1 is 1.03 bits per heavy atom. The maximum absolute atomic E-state index is 13.8. The molecule has 7 nitrogen and oxygen atoms in total. The number of carbonyl (C=O) groups excluding carboxylic acids is 3. The highest BCUT2D eigenvalue weighted by Crippen LogP contribution is 2.47. The SMILES string of the molecule is COC(=O)[C@@H]1C(=O)C2=C(C[C@H]1C)NC(C)=C(C(=O)OC1CCCCCC1)[C@H]2c1ccccc1OC. The lowest BCUT2D eigenvalue weighted by Gasteiger charge is -2.38. The van der Waals surface area contributed by atoms with Gasteiger partial charge in [-0.2, -0.15) is 0 Å². The van der Waals surface area contributed by atoms with Gasteiger partial charge in [-0.05, 0) is 51.0 Å². The smallest absolute Gasteiger partial charge is 0.337 e. The summed E-state index contributed by atoms with van der Waals surface area (Å²) < 4.78 is 16.6. The van der Waals surface area contributed by atoms with Crippen molar-refractivity contribution in [2.24, 2.45) is 11.8 Å². The van der Waals surface area contributed by atoms with Crippen molar-refractivity contribution in [1.29, 1.82) is 0 Å². The number of ether oxygens (including phenoxy) is 3. The molecule has 0 radical (unpaired) electrons. The molecule has 0 saturated heterocycles. The summed E-state index contributed by atoms with van der Waals surface area (Å²) in [4.78, 5) is 40.1. The van der Waals surface area contributed by atoms with Crippen LogP contribution in [-0.2, 0) is 23.9 Å². The quantitative estimate of drug-likeness (QED) is 0.374. The van der Waals surface area contributed by atoms with Crippen LogP contribution in [0, 0.1) is 11.8 Å². The Bertz CT molecular complexity index is 1060. The van der Waals surface area contributed by atoms with E-state index in [4.69, 9.17) is 14.2 Å². The second-order valence-corrected chi connectivity index (χ2v) is 9.80. The van der Waals surface area contributed by atoms with Gasteiger partial charge in [-0.3, -0.25) is 9.59 Å². The number of rotatable bonds is 5. The van der Waals surface area contributed by atoms with Gasteiger partial charge in [0.1, 0.15) is 17.8 Å². The molecule has 1 heterocycles. The molecule has 1 aliphatic heterocycles. The molecule has 0 amide bonds. The summed E-state index contributed by atoms with van der Waals surface area (Å²) >= 11 is 0. The lowest BCUT2D eigenvalue weighted by Crippen LogP contribution is -2.43. The fourth-order valence-electron chi connectivity index (χ4n) is 5.74. The van der Waals surface area contributed by atoms with Crippen LogP contribution in [0.25, 0.3) is 0 Å². The molecule has 1 aromatic rings. The molecular formula is C28H35NO6. The van der Waals surface area contributed by atoms with Crippen LogP contribution in [0.5, 0.6) is 5.75 Å². The number of Topliss-reactive ketones (excluding diaryl/α,β-unsaturated/α-hetero) is 1. The predicted molar refractivity (Wildman–Crippen MR) is 130 cm³/mol. The largest absolute Gasteiger partial charge is 0.496 e. The van der Waals surface area contributed by atoms with Gasteiger partial charge >= 0.3 is 11.9 Å². The van der Waals surface area contributed by atoms with Crippen molar-refractivity contribution in [3.8, 4) is 5.75 Å². The van der Waals surface area contributed by atoms with E-state index in [0.717, 1.165) is 44.2 Å². The van der Waals surface area contributed by atoms with E-state index >= 15 is 0 Å². The van der Waals surface area contributed by atoms with Gasteiger partial charge in [0.2, 0.25) is 0 Å². The molecule has 188 valence electrons. The van der Waals surface area contributed by atoms with Crippen LogP contribution >= 0.6 is 0 Å². The second kappa shape index (κ2) is 10.7. The molecule has 1 aromatic carbocycles. The van der Waals surface area contributed by atoms with Gasteiger partial charge in [0.05, 0.1) is 25.7 Å². The first-order valence-corrected chi connectivity index (χ1v) is 12.5. The number of methoxy groups -OCH3 is 2. The Labute approximate surface area is 206 Å². The Morgan fingerprint density at radius 2 is 1.71 bits per heavy atom. The molecule has 1 saturated carbocycles. The lowest BCUT2D eigenvalue weighted by atomic mass is 9.69. The average Bonchev–Trinajstić information content (AvgIpc) is 3.11. The fourth-order valence-corrected chi connectivity index (χ4v) is 5.74. The molecular weight excluding hydrogens is 446 g/mol. The Hall–Kier alpha value is -3.09. The zero-order valence-electron chi connectivity index (χ0n) is 21.0. The van der Waals surface area contributed by atoms with Crippen LogP contribution in [-0.4, -0.2) is 38.0 Å².